The van der Waals surface area contributed by atoms with E-state index >= 15 is 0 Å². The Kier molecular flexibility index (Phi) is 3.86. The largest absolute Gasteiger partial charge is 0.507 e. The van der Waals surface area contributed by atoms with Crippen molar-refractivity contribution < 1.29 is 9.90 Å². The van der Waals surface area contributed by atoms with E-state index in [2.05, 4.69) is 9.84 Å². The third-order valence-corrected chi connectivity index (χ3v) is 2.79. The normalized spacial score (nSPS) is 9.67. The molecule has 6 heteroatoms. The van der Waals surface area contributed by atoms with Crippen LogP contribution in [0.25, 0.3) is 16.0 Å². The van der Waals surface area contributed by atoms with Gasteiger partial charge in [0.2, 0.25) is 0 Å². The Morgan fingerprint density at radius 2 is 1.81 bits per heavy atom. The first kappa shape index (κ1) is 14.1. The fourth-order valence-corrected chi connectivity index (χ4v) is 1.96. The Morgan fingerprint density at radius 1 is 1.14 bits per heavy atom. The highest BCUT2D eigenvalue weighted by Gasteiger charge is 2.20. The van der Waals surface area contributed by atoms with Crippen molar-refractivity contribution in [3.63, 3.8) is 0 Å². The average Bonchev–Trinajstić information content (AvgIpc) is 2.46. The third kappa shape index (κ3) is 2.82. The van der Waals surface area contributed by atoms with Crippen LogP contribution in [0.15, 0.2) is 47.5 Å². The molecule has 104 valence electrons. The number of hydrogen-bond donors (Lipinski definition) is 3. The molecule has 0 unspecified atom stereocenters. The number of aliphatic imine (C=N–C) groups is 1. The van der Waals surface area contributed by atoms with Crippen LogP contribution in [0.1, 0.15) is 10.4 Å². The van der Waals surface area contributed by atoms with E-state index in [1.807, 2.05) is 0 Å². The maximum atomic E-state index is 12.1. The lowest BCUT2D eigenvalue weighted by atomic mass is 9.96. The number of phenolic OH excluding ortho intramolecular Hbond substituents is 1. The van der Waals surface area contributed by atoms with Crippen LogP contribution in [0.4, 0.5) is 5.69 Å². The quantitative estimate of drug-likeness (QED) is 0.444. The molecule has 21 heavy (non-hydrogen) atoms. The first-order valence-corrected chi connectivity index (χ1v) is 5.97. The second-order valence-corrected chi connectivity index (χ2v) is 4.17. The third-order valence-electron chi connectivity index (χ3n) is 2.79. The summed E-state index contributed by atoms with van der Waals surface area (Å²) in [4.78, 5) is 19.0. The minimum atomic E-state index is -0.795. The molecule has 0 saturated carbocycles. The van der Waals surface area contributed by atoms with Crippen molar-refractivity contribution in [2.45, 2.75) is 0 Å². The lowest BCUT2D eigenvalue weighted by molar-refractivity contribution is 0.100. The van der Waals surface area contributed by atoms with Crippen LogP contribution >= 0.6 is 0 Å². The van der Waals surface area contributed by atoms with Gasteiger partial charge in [0.1, 0.15) is 5.75 Å². The second kappa shape index (κ2) is 5.75. The molecule has 0 aliphatic rings. The molecule has 0 heterocycles. The van der Waals surface area contributed by atoms with Gasteiger partial charge in [0.05, 0.1) is 12.1 Å². The van der Waals surface area contributed by atoms with Gasteiger partial charge in [0.15, 0.2) is 11.6 Å². The number of rotatable bonds is 2. The van der Waals surface area contributed by atoms with Gasteiger partial charge in [-0.15, -0.1) is 0 Å². The SMILES string of the molecule is [C-]#[N+]c1ccc(O)c(C(=O)N=C(N)N)c1-c1ccccc1. The minimum absolute atomic E-state index is 0.0944. The maximum absolute atomic E-state index is 12.1. The molecular weight excluding hydrogens is 268 g/mol. The number of aromatic hydroxyl groups is 1. The van der Waals surface area contributed by atoms with Crippen molar-refractivity contribution in [1.82, 2.24) is 0 Å². The van der Waals surface area contributed by atoms with Crippen molar-refractivity contribution in [3.05, 3.63) is 59.4 Å². The maximum Gasteiger partial charge on any atom is 0.283 e. The summed E-state index contributed by atoms with van der Waals surface area (Å²) in [5, 5.41) is 9.98. The number of nitrogens with zero attached hydrogens (tertiary/aromatic N) is 2. The van der Waals surface area contributed by atoms with Crippen LogP contribution in [-0.4, -0.2) is 17.0 Å². The van der Waals surface area contributed by atoms with Gasteiger partial charge in [0.25, 0.3) is 5.91 Å². The van der Waals surface area contributed by atoms with Crippen LogP contribution in [-0.2, 0) is 0 Å². The van der Waals surface area contributed by atoms with E-state index in [4.69, 9.17) is 18.0 Å². The summed E-state index contributed by atoms with van der Waals surface area (Å²) >= 11 is 0. The molecule has 0 bridgehead atoms. The molecule has 2 rings (SSSR count). The van der Waals surface area contributed by atoms with E-state index in [1.54, 1.807) is 30.3 Å². The lowest BCUT2D eigenvalue weighted by Gasteiger charge is -2.11. The molecule has 5 N–H and O–H groups in total. The number of hydrogen-bond acceptors (Lipinski definition) is 2. The summed E-state index contributed by atoms with van der Waals surface area (Å²) in [6.45, 7) is 7.23. The predicted molar refractivity (Wildman–Crippen MR) is 79.9 cm³/mol. The number of amides is 1. The molecule has 2 aromatic carbocycles. The Bertz CT molecular complexity index is 757. The van der Waals surface area contributed by atoms with E-state index < -0.39 is 11.9 Å². The van der Waals surface area contributed by atoms with Crippen molar-refractivity contribution in [1.29, 1.82) is 0 Å². The summed E-state index contributed by atoms with van der Waals surface area (Å²) in [6, 6.07) is 11.5. The van der Waals surface area contributed by atoms with E-state index in [1.165, 1.54) is 12.1 Å². The number of guanidine groups is 1. The van der Waals surface area contributed by atoms with Gasteiger partial charge in [-0.05, 0) is 11.6 Å². The highest BCUT2D eigenvalue weighted by atomic mass is 16.3. The van der Waals surface area contributed by atoms with Crippen molar-refractivity contribution in [2.75, 3.05) is 0 Å². The monoisotopic (exact) mass is 280 g/mol. The summed E-state index contributed by atoms with van der Waals surface area (Å²) in [7, 11) is 0. The van der Waals surface area contributed by atoms with Gasteiger partial charge < -0.3 is 16.6 Å². The zero-order valence-electron chi connectivity index (χ0n) is 10.9. The number of benzene rings is 2. The summed E-state index contributed by atoms with van der Waals surface area (Å²) in [5.74, 6) is -1.49. The molecule has 0 aliphatic carbocycles. The second-order valence-electron chi connectivity index (χ2n) is 4.17. The Hall–Kier alpha value is -3.33. The smallest absolute Gasteiger partial charge is 0.283 e. The van der Waals surface area contributed by atoms with E-state index in [0.29, 0.717) is 11.1 Å². The minimum Gasteiger partial charge on any atom is -0.507 e. The van der Waals surface area contributed by atoms with Crippen LogP contribution in [0.5, 0.6) is 5.75 Å². The molecule has 0 atom stereocenters. The fraction of sp³-hybridized carbons (Fsp3) is 0. The van der Waals surface area contributed by atoms with Gasteiger partial charge in [-0.25, -0.2) is 4.85 Å². The number of phenols is 1. The molecule has 0 fully saturated rings. The molecule has 0 radical (unpaired) electrons. The number of carbonyl (C=O) groups is 1. The first-order chi connectivity index (χ1) is 10.0. The number of nitrogens with two attached hydrogens (primary N) is 2. The van der Waals surface area contributed by atoms with Crippen LogP contribution < -0.4 is 11.5 Å². The summed E-state index contributed by atoms with van der Waals surface area (Å²) in [5.41, 5.74) is 11.5. The topological polar surface area (TPSA) is 106 Å². The molecule has 0 aliphatic heterocycles. The van der Waals surface area contributed by atoms with Crippen LogP contribution in [0.3, 0.4) is 0 Å². The highest BCUT2D eigenvalue weighted by Crippen LogP contribution is 2.38. The van der Waals surface area contributed by atoms with Crippen molar-refractivity contribution >= 4 is 17.6 Å². The van der Waals surface area contributed by atoms with Crippen molar-refractivity contribution in [3.8, 4) is 16.9 Å². The zero-order valence-corrected chi connectivity index (χ0v) is 10.9. The van der Waals surface area contributed by atoms with Gasteiger partial charge in [-0.1, -0.05) is 36.4 Å². The Morgan fingerprint density at radius 3 is 2.38 bits per heavy atom. The van der Waals surface area contributed by atoms with Crippen LogP contribution in [0, 0.1) is 6.57 Å². The molecular formula is C15H12N4O2. The lowest BCUT2D eigenvalue weighted by Crippen LogP contribution is -2.24. The zero-order chi connectivity index (χ0) is 15.4. The molecule has 0 spiro atoms. The molecule has 0 aromatic heterocycles. The van der Waals surface area contributed by atoms with E-state index in [-0.39, 0.29) is 17.0 Å². The fourth-order valence-electron chi connectivity index (χ4n) is 1.96. The molecule has 0 saturated heterocycles. The Balaban J connectivity index is 2.78. The van der Waals surface area contributed by atoms with Gasteiger partial charge >= 0.3 is 0 Å². The van der Waals surface area contributed by atoms with Gasteiger partial charge in [-0.2, -0.15) is 4.99 Å². The predicted octanol–water partition coefficient (Wildman–Crippen LogP) is 2.02. The highest BCUT2D eigenvalue weighted by molar-refractivity contribution is 6.10. The van der Waals surface area contributed by atoms with Crippen LogP contribution in [0.2, 0.25) is 0 Å². The standard InChI is InChI=1S/C15H12N4O2/c1-18-10-7-8-11(20)13(14(21)19-15(16)17)12(10)9-5-3-2-4-6-9/h2-8,20H,(H4,16,17,19,21). The number of carbonyl (C=O) groups excluding carboxylic acids is 1. The average molecular weight is 280 g/mol. The molecule has 6 nitrogen and oxygen atoms in total. The van der Waals surface area contributed by atoms with Gasteiger partial charge in [-0.3, -0.25) is 4.79 Å². The summed E-state index contributed by atoms with van der Waals surface area (Å²) < 4.78 is 0. The van der Waals surface area contributed by atoms with Gasteiger partial charge in [0, 0.05) is 5.56 Å². The van der Waals surface area contributed by atoms with E-state index in [9.17, 15) is 9.90 Å². The van der Waals surface area contributed by atoms with E-state index in [0.717, 1.165) is 0 Å². The Labute approximate surface area is 121 Å². The molecule has 1 amide bonds. The van der Waals surface area contributed by atoms with Crippen molar-refractivity contribution in [2.24, 2.45) is 16.5 Å². The summed E-state index contributed by atoms with van der Waals surface area (Å²) in [6.07, 6.45) is 0. The molecule has 2 aromatic rings. The first-order valence-electron chi connectivity index (χ1n) is 5.97.